The van der Waals surface area contributed by atoms with E-state index in [9.17, 15) is 9.00 Å². The lowest BCUT2D eigenvalue weighted by Crippen LogP contribution is -2.22. The zero-order chi connectivity index (χ0) is 9.14. The number of hydrogen-bond donors (Lipinski definition) is 2. The third-order valence-electron chi connectivity index (χ3n) is 1.25. The van der Waals surface area contributed by atoms with Gasteiger partial charge in [-0.15, -0.1) is 0 Å². The molecule has 0 bridgehead atoms. The summed E-state index contributed by atoms with van der Waals surface area (Å²) < 4.78 is 11.2. The van der Waals surface area contributed by atoms with E-state index in [0.29, 0.717) is 0 Å². The summed E-state index contributed by atoms with van der Waals surface area (Å²) in [5, 5.41) is 13.4. The molecule has 1 heterocycles. The lowest BCUT2D eigenvalue weighted by atomic mass is 10.5. The van der Waals surface area contributed by atoms with E-state index in [1.54, 1.807) is 0 Å². The summed E-state index contributed by atoms with van der Waals surface area (Å²) >= 11 is 0. The molecule has 0 radical (unpaired) electrons. The first-order chi connectivity index (χ1) is 5.63. The standard InChI is InChI=1S/C5H7N3O3S/c1-3(4(9)10)12(11)5-6-2-7-8-5/h2-3H,1H3,(H,9,10)(H,6,7,8). The van der Waals surface area contributed by atoms with Crippen molar-refractivity contribution in [3.8, 4) is 0 Å². The van der Waals surface area contributed by atoms with Crippen molar-refractivity contribution in [2.24, 2.45) is 0 Å². The molecule has 66 valence electrons. The van der Waals surface area contributed by atoms with Crippen LogP contribution < -0.4 is 0 Å². The molecule has 0 amide bonds. The van der Waals surface area contributed by atoms with Crippen LogP contribution in [0, 0.1) is 0 Å². The van der Waals surface area contributed by atoms with Gasteiger partial charge in [0.05, 0.1) is 0 Å². The van der Waals surface area contributed by atoms with Gasteiger partial charge in [-0.1, -0.05) is 0 Å². The first-order valence-corrected chi connectivity index (χ1v) is 4.33. The second-order valence-corrected chi connectivity index (χ2v) is 3.76. The van der Waals surface area contributed by atoms with Crippen LogP contribution >= 0.6 is 0 Å². The molecular formula is C5H7N3O3S. The Morgan fingerprint density at radius 1 is 1.83 bits per heavy atom. The summed E-state index contributed by atoms with van der Waals surface area (Å²) in [7, 11) is -1.66. The largest absolute Gasteiger partial charge is 0.480 e. The molecule has 0 spiro atoms. The highest BCUT2D eigenvalue weighted by molar-refractivity contribution is 7.86. The van der Waals surface area contributed by atoms with Crippen molar-refractivity contribution < 1.29 is 14.1 Å². The molecule has 0 saturated heterocycles. The third kappa shape index (κ3) is 1.67. The average Bonchev–Trinajstić information content (AvgIpc) is 2.53. The minimum atomic E-state index is -1.66. The van der Waals surface area contributed by atoms with Crippen molar-refractivity contribution in [1.29, 1.82) is 0 Å². The summed E-state index contributed by atoms with van der Waals surface area (Å²) in [6, 6.07) is 0. The van der Waals surface area contributed by atoms with Crippen molar-refractivity contribution >= 4 is 16.8 Å². The maximum Gasteiger partial charge on any atom is 0.319 e. The van der Waals surface area contributed by atoms with Gasteiger partial charge < -0.3 is 5.11 Å². The molecule has 0 aliphatic carbocycles. The Hall–Kier alpha value is -1.24. The summed E-state index contributed by atoms with van der Waals surface area (Å²) in [5.41, 5.74) is 0. The number of hydrogen-bond acceptors (Lipinski definition) is 4. The SMILES string of the molecule is CC(C(=O)O)S(=O)c1ncn[nH]1. The van der Waals surface area contributed by atoms with Crippen LogP contribution in [0.3, 0.4) is 0 Å². The van der Waals surface area contributed by atoms with E-state index < -0.39 is 22.0 Å². The number of aromatic amines is 1. The highest BCUT2D eigenvalue weighted by Crippen LogP contribution is 2.03. The van der Waals surface area contributed by atoms with Gasteiger partial charge in [-0.25, -0.2) is 4.98 Å². The molecule has 12 heavy (non-hydrogen) atoms. The number of carboxylic acids is 1. The maximum atomic E-state index is 11.2. The maximum absolute atomic E-state index is 11.2. The molecule has 1 rings (SSSR count). The molecule has 1 aromatic rings. The van der Waals surface area contributed by atoms with Crippen LogP contribution in [-0.2, 0) is 15.6 Å². The second-order valence-electron chi connectivity index (χ2n) is 2.07. The van der Waals surface area contributed by atoms with E-state index >= 15 is 0 Å². The second kappa shape index (κ2) is 3.44. The fraction of sp³-hybridized carbons (Fsp3) is 0.400. The van der Waals surface area contributed by atoms with E-state index in [1.165, 1.54) is 13.3 Å². The van der Waals surface area contributed by atoms with E-state index in [2.05, 4.69) is 15.2 Å². The molecule has 2 atom stereocenters. The fourth-order valence-corrected chi connectivity index (χ4v) is 1.36. The smallest absolute Gasteiger partial charge is 0.319 e. The number of carboxylic acid groups (broad SMARTS) is 1. The number of rotatable bonds is 3. The van der Waals surface area contributed by atoms with E-state index in [4.69, 9.17) is 5.11 Å². The Morgan fingerprint density at radius 3 is 2.92 bits per heavy atom. The van der Waals surface area contributed by atoms with Crippen LogP contribution in [-0.4, -0.2) is 35.7 Å². The number of aliphatic carboxylic acids is 1. The predicted octanol–water partition coefficient (Wildman–Crippen LogP) is -0.615. The molecule has 1 aromatic heterocycles. The quantitative estimate of drug-likeness (QED) is 0.661. The molecule has 0 aromatic carbocycles. The molecular weight excluding hydrogens is 182 g/mol. The van der Waals surface area contributed by atoms with Crippen molar-refractivity contribution in [1.82, 2.24) is 15.2 Å². The fourth-order valence-electron chi connectivity index (χ4n) is 0.550. The van der Waals surface area contributed by atoms with Crippen molar-refractivity contribution in [3.63, 3.8) is 0 Å². The highest BCUT2D eigenvalue weighted by Gasteiger charge is 2.22. The number of nitrogens with one attached hydrogen (secondary N) is 1. The van der Waals surface area contributed by atoms with Crippen molar-refractivity contribution in [3.05, 3.63) is 6.33 Å². The van der Waals surface area contributed by atoms with Crippen LogP contribution in [0.4, 0.5) is 0 Å². The number of aromatic nitrogens is 3. The molecule has 2 unspecified atom stereocenters. The Kier molecular flexibility index (Phi) is 2.54. The van der Waals surface area contributed by atoms with Gasteiger partial charge in [-0.3, -0.25) is 14.1 Å². The molecule has 0 saturated carbocycles. The van der Waals surface area contributed by atoms with Crippen molar-refractivity contribution in [2.45, 2.75) is 17.3 Å². The van der Waals surface area contributed by atoms with Gasteiger partial charge in [0.25, 0.3) is 0 Å². The highest BCUT2D eigenvalue weighted by atomic mass is 32.2. The predicted molar refractivity (Wildman–Crippen MR) is 39.9 cm³/mol. The van der Waals surface area contributed by atoms with Crippen LogP contribution in [0.1, 0.15) is 6.92 Å². The van der Waals surface area contributed by atoms with Gasteiger partial charge in [0, 0.05) is 0 Å². The normalized spacial score (nSPS) is 15.4. The summed E-state index contributed by atoms with van der Waals surface area (Å²) in [6.07, 6.45) is 1.18. The lowest BCUT2D eigenvalue weighted by Gasteiger charge is -2.01. The van der Waals surface area contributed by atoms with Gasteiger partial charge in [-0.05, 0) is 6.92 Å². The van der Waals surface area contributed by atoms with Crippen LogP contribution in [0.2, 0.25) is 0 Å². The zero-order valence-corrected chi connectivity index (χ0v) is 7.04. The van der Waals surface area contributed by atoms with Gasteiger partial charge in [0.1, 0.15) is 22.4 Å². The van der Waals surface area contributed by atoms with Crippen LogP contribution in [0.15, 0.2) is 11.5 Å². The minimum Gasteiger partial charge on any atom is -0.480 e. The molecule has 2 N–H and O–H groups in total. The lowest BCUT2D eigenvalue weighted by molar-refractivity contribution is -0.136. The Morgan fingerprint density at radius 2 is 2.50 bits per heavy atom. The van der Waals surface area contributed by atoms with Crippen LogP contribution in [0.25, 0.3) is 0 Å². The summed E-state index contributed by atoms with van der Waals surface area (Å²) in [6.45, 7) is 1.35. The third-order valence-corrected chi connectivity index (χ3v) is 2.67. The van der Waals surface area contributed by atoms with E-state index in [1.807, 2.05) is 0 Å². The minimum absolute atomic E-state index is 0.0879. The number of nitrogens with zero attached hydrogens (tertiary/aromatic N) is 2. The Bertz CT molecular complexity index is 297. The van der Waals surface area contributed by atoms with Gasteiger partial charge >= 0.3 is 5.97 Å². The van der Waals surface area contributed by atoms with Crippen LogP contribution in [0.5, 0.6) is 0 Å². The zero-order valence-electron chi connectivity index (χ0n) is 6.22. The molecule has 0 fully saturated rings. The van der Waals surface area contributed by atoms with Gasteiger partial charge in [-0.2, -0.15) is 5.10 Å². The number of H-pyrrole nitrogens is 1. The van der Waals surface area contributed by atoms with E-state index in [0.717, 1.165) is 0 Å². The summed E-state index contributed by atoms with van der Waals surface area (Å²) in [4.78, 5) is 14.0. The summed E-state index contributed by atoms with van der Waals surface area (Å²) in [5.74, 6) is -1.12. The molecule has 0 aliphatic heterocycles. The Balaban J connectivity index is 2.79. The van der Waals surface area contributed by atoms with E-state index in [-0.39, 0.29) is 5.16 Å². The molecule has 6 nitrogen and oxygen atoms in total. The first-order valence-electron chi connectivity index (χ1n) is 3.11. The average molecular weight is 189 g/mol. The first kappa shape index (κ1) is 8.85. The van der Waals surface area contributed by atoms with Crippen molar-refractivity contribution in [2.75, 3.05) is 0 Å². The molecule has 7 heteroatoms. The molecule has 0 aliphatic rings. The topological polar surface area (TPSA) is 95.9 Å². The van der Waals surface area contributed by atoms with Gasteiger partial charge in [0.2, 0.25) is 5.16 Å². The Labute approximate surface area is 70.5 Å². The number of carbonyl (C=O) groups is 1. The monoisotopic (exact) mass is 189 g/mol. The van der Waals surface area contributed by atoms with Gasteiger partial charge in [0.15, 0.2) is 0 Å².